The van der Waals surface area contributed by atoms with Crippen LogP contribution in [0.15, 0.2) is 182 Å². The molecule has 0 atom stereocenters. The van der Waals surface area contributed by atoms with Crippen LogP contribution in [0.2, 0.25) is 0 Å². The molecular weight excluding hydrogens is 1160 g/mol. The van der Waals surface area contributed by atoms with Crippen LogP contribution >= 0.6 is 0 Å². The Morgan fingerprint density at radius 1 is 0.229 bits per heavy atom. The molecule has 3 heteroatoms. The highest BCUT2D eigenvalue weighted by atomic mass is 14.9. The average Bonchev–Trinajstić information content (AvgIpc) is 0.712. The molecule has 3 aromatic heterocycles. The van der Waals surface area contributed by atoms with Crippen LogP contribution in [-0.4, -0.2) is 0 Å². The van der Waals surface area contributed by atoms with E-state index in [4.69, 9.17) is 0 Å². The zero-order valence-electron chi connectivity index (χ0n) is 62.2. The van der Waals surface area contributed by atoms with Gasteiger partial charge in [0.2, 0.25) is 17.1 Å². The van der Waals surface area contributed by atoms with E-state index < -0.39 is 0 Å². The SMILES string of the molecule is Cc1cc(-c2c(C)ccc3c2-c2cc4ccccc4cc2C(C)(C)C3(C)C)[n+](C)cc1C.Cc1cc(-c2c(C)ccc3c2-c2ccc4ccccc4c2C(C)(C)C3(C)C)[n+](C)cc1C.Cc1cc(-c2cc3c(cc2C)-c2ccc4ccccc4c2C(C)(C)C3(C)C)[n+](C)cc1C. The Bertz CT molecular complexity index is 5120. The van der Waals surface area contributed by atoms with Gasteiger partial charge in [-0.1, -0.05) is 210 Å². The molecule has 0 N–H and O–H groups in total. The van der Waals surface area contributed by atoms with Crippen molar-refractivity contribution < 1.29 is 13.7 Å². The van der Waals surface area contributed by atoms with Crippen molar-refractivity contribution in [3.63, 3.8) is 0 Å². The lowest BCUT2D eigenvalue weighted by molar-refractivity contribution is -0.660. The Kier molecular flexibility index (Phi) is 15.7. The summed E-state index contributed by atoms with van der Waals surface area (Å²) in [5.41, 5.74) is 37.0. The lowest BCUT2D eigenvalue weighted by Crippen LogP contribution is -2.44. The van der Waals surface area contributed by atoms with Crippen molar-refractivity contribution in [2.24, 2.45) is 21.1 Å². The minimum absolute atomic E-state index is 0.00144. The minimum atomic E-state index is -0.0137. The molecule has 486 valence electrons. The summed E-state index contributed by atoms with van der Waals surface area (Å²) in [6.45, 7) is 49.1. The van der Waals surface area contributed by atoms with Crippen LogP contribution in [0.25, 0.3) is 99.5 Å². The van der Waals surface area contributed by atoms with Crippen molar-refractivity contribution in [1.29, 1.82) is 0 Å². The second kappa shape index (κ2) is 22.9. The van der Waals surface area contributed by atoms with Crippen LogP contribution in [0.1, 0.15) is 167 Å². The molecule has 0 bridgehead atoms. The molecule has 3 nitrogen and oxygen atoms in total. The topological polar surface area (TPSA) is 11.6 Å². The maximum Gasteiger partial charge on any atom is 0.213 e. The van der Waals surface area contributed by atoms with Gasteiger partial charge in [-0.2, -0.15) is 0 Å². The highest BCUT2D eigenvalue weighted by molar-refractivity contribution is 6.01. The number of nitrogens with zero attached hydrogens (tertiary/aromatic N) is 3. The number of hydrogen-bond donors (Lipinski definition) is 0. The maximum atomic E-state index is 2.48. The first-order valence-electron chi connectivity index (χ1n) is 35.1. The summed E-state index contributed by atoms with van der Waals surface area (Å²) in [6.07, 6.45) is 6.78. The third-order valence-corrected chi connectivity index (χ3v) is 25.4. The number of aromatic nitrogens is 3. The van der Waals surface area contributed by atoms with Gasteiger partial charge in [-0.3, -0.25) is 0 Å². The largest absolute Gasteiger partial charge is 0.213 e. The van der Waals surface area contributed by atoms with Gasteiger partial charge in [-0.15, -0.1) is 0 Å². The van der Waals surface area contributed by atoms with Crippen molar-refractivity contribution in [1.82, 2.24) is 0 Å². The van der Waals surface area contributed by atoms with Crippen molar-refractivity contribution >= 4 is 32.3 Å². The van der Waals surface area contributed by atoms with Crippen molar-refractivity contribution in [2.45, 2.75) is 178 Å². The zero-order valence-corrected chi connectivity index (χ0v) is 62.2. The first kappa shape index (κ1) is 65.9. The van der Waals surface area contributed by atoms with Crippen LogP contribution in [0.4, 0.5) is 0 Å². The van der Waals surface area contributed by atoms with E-state index in [0.29, 0.717) is 0 Å². The highest BCUT2D eigenvalue weighted by Gasteiger charge is 2.51. The monoisotopic (exact) mass is 1260 g/mol. The quantitative estimate of drug-likeness (QED) is 0.156. The number of hydrogen-bond acceptors (Lipinski definition) is 0. The fourth-order valence-corrected chi connectivity index (χ4v) is 17.1. The molecule has 0 unspecified atom stereocenters. The molecule has 3 aliphatic rings. The number of rotatable bonds is 3. The summed E-state index contributed by atoms with van der Waals surface area (Å²) >= 11 is 0. The van der Waals surface area contributed by atoms with E-state index in [1.54, 1.807) is 0 Å². The minimum Gasteiger partial charge on any atom is -0.201 e. The van der Waals surface area contributed by atoms with Crippen LogP contribution in [0.3, 0.4) is 0 Å². The Hall–Kier alpha value is -8.79. The summed E-state index contributed by atoms with van der Waals surface area (Å²) in [5, 5.41) is 8.05. The van der Waals surface area contributed by atoms with Gasteiger partial charge in [0.15, 0.2) is 18.6 Å². The van der Waals surface area contributed by atoms with Gasteiger partial charge in [-0.05, 0) is 235 Å². The predicted octanol–water partition coefficient (Wildman–Crippen LogP) is 22.5. The first-order chi connectivity index (χ1) is 45.1. The number of benzene rings is 9. The molecule has 0 aliphatic heterocycles. The molecule has 12 aromatic rings. The molecule has 0 spiro atoms. The number of aryl methyl sites for hydroxylation is 12. The van der Waals surface area contributed by atoms with E-state index in [1.165, 1.54) is 183 Å². The molecule has 15 rings (SSSR count). The van der Waals surface area contributed by atoms with Gasteiger partial charge in [0, 0.05) is 51.3 Å². The van der Waals surface area contributed by atoms with Crippen LogP contribution in [0, 0.1) is 62.3 Å². The molecule has 3 aliphatic carbocycles. The summed E-state index contributed by atoms with van der Waals surface area (Å²) in [7, 11) is 6.52. The molecule has 96 heavy (non-hydrogen) atoms. The Balaban J connectivity index is 0.000000130. The van der Waals surface area contributed by atoms with E-state index in [1.807, 2.05) is 0 Å². The smallest absolute Gasteiger partial charge is 0.201 e. The van der Waals surface area contributed by atoms with Crippen molar-refractivity contribution in [2.75, 3.05) is 0 Å². The first-order valence-corrected chi connectivity index (χ1v) is 35.1. The van der Waals surface area contributed by atoms with Crippen molar-refractivity contribution in [3.05, 3.63) is 266 Å². The van der Waals surface area contributed by atoms with E-state index in [2.05, 4.69) is 363 Å². The second-order valence-electron chi connectivity index (χ2n) is 32.4. The summed E-state index contributed by atoms with van der Waals surface area (Å²) in [6, 6.07) is 62.1. The highest BCUT2D eigenvalue weighted by Crippen LogP contribution is 2.61. The van der Waals surface area contributed by atoms with E-state index in [0.717, 1.165) is 0 Å². The molecule has 0 saturated carbocycles. The van der Waals surface area contributed by atoms with Gasteiger partial charge in [-0.25, -0.2) is 13.7 Å². The Labute approximate surface area is 574 Å². The van der Waals surface area contributed by atoms with Gasteiger partial charge < -0.3 is 0 Å². The molecule has 0 amide bonds. The van der Waals surface area contributed by atoms with Gasteiger partial charge in [0.1, 0.15) is 21.1 Å². The molecule has 0 radical (unpaired) electrons. The molecule has 0 saturated heterocycles. The maximum absolute atomic E-state index is 2.48. The summed E-state index contributed by atoms with van der Waals surface area (Å²) in [5.74, 6) is 0. The van der Waals surface area contributed by atoms with Gasteiger partial charge >= 0.3 is 0 Å². The average molecular weight is 1260 g/mol. The normalized spacial score (nSPS) is 16.0. The standard InChI is InChI=1S/3C31H34N/c1-19-13-16-25-28(27(19)26-17-20(2)21(3)18-32(26)8)24-15-14-22-11-9-10-12-23(22)29(24)31(6,7)30(25,4)5;1-19-16-28(32(8)18-21(19)3)25-17-27-26(15-20(25)2)24-14-13-22-11-9-10-12-23(22)29(24)31(6,7)30(27,4)5;1-19-13-14-25-29(28(19)27-15-20(2)21(3)18-32(27)8)24-16-22-11-9-10-12-23(22)17-26(24)31(6,7)30(25,4)5/h3*9-18H,1-8H3/q3*+1. The number of pyridine rings is 3. The Morgan fingerprint density at radius 2 is 0.594 bits per heavy atom. The van der Waals surface area contributed by atoms with E-state index >= 15 is 0 Å². The third-order valence-electron chi connectivity index (χ3n) is 25.4. The van der Waals surface area contributed by atoms with E-state index in [-0.39, 0.29) is 32.5 Å². The lowest BCUT2D eigenvalue weighted by Gasteiger charge is -2.49. The Morgan fingerprint density at radius 3 is 1.08 bits per heavy atom. The van der Waals surface area contributed by atoms with Crippen LogP contribution < -0.4 is 13.7 Å². The van der Waals surface area contributed by atoms with E-state index in [9.17, 15) is 0 Å². The van der Waals surface area contributed by atoms with Crippen molar-refractivity contribution in [3.8, 4) is 67.2 Å². The zero-order chi connectivity index (χ0) is 69.0. The molecule has 3 heterocycles. The fraction of sp³-hybridized carbons (Fsp3) is 0.323. The number of fused-ring (bicyclic) bond motifs is 14. The molecule has 9 aromatic carbocycles. The summed E-state index contributed by atoms with van der Waals surface area (Å²) in [4.78, 5) is 0. The molecule has 0 fully saturated rings. The summed E-state index contributed by atoms with van der Waals surface area (Å²) < 4.78 is 6.89. The lowest BCUT2D eigenvalue weighted by atomic mass is 9.54. The fourth-order valence-electron chi connectivity index (χ4n) is 17.1. The van der Waals surface area contributed by atoms with Gasteiger partial charge in [0.25, 0.3) is 0 Å². The second-order valence-corrected chi connectivity index (χ2v) is 32.4. The van der Waals surface area contributed by atoms with Gasteiger partial charge in [0.05, 0.1) is 11.1 Å². The van der Waals surface area contributed by atoms with Crippen LogP contribution in [-0.2, 0) is 53.6 Å². The third kappa shape index (κ3) is 9.89. The predicted molar refractivity (Wildman–Crippen MR) is 409 cm³/mol. The molecular formula is C93H102N3+3. The van der Waals surface area contributed by atoms with Crippen LogP contribution in [0.5, 0.6) is 0 Å².